The fourth-order valence-corrected chi connectivity index (χ4v) is 6.85. The van der Waals surface area contributed by atoms with Crippen LogP contribution in [0.3, 0.4) is 0 Å². The Kier molecular flexibility index (Phi) is 11.3. The number of para-hydroxylation sites is 1. The molecule has 1 aliphatic heterocycles. The third-order valence-corrected chi connectivity index (χ3v) is 9.00. The minimum Gasteiger partial charge on any atom is -0.493 e. The summed E-state index contributed by atoms with van der Waals surface area (Å²) in [6.45, 7) is 15.5. The van der Waals surface area contributed by atoms with Gasteiger partial charge in [-0.15, -0.1) is 13.2 Å². The Labute approximate surface area is 288 Å². The summed E-state index contributed by atoms with van der Waals surface area (Å²) >= 11 is 0. The molecule has 0 saturated carbocycles. The molecule has 1 fully saturated rings. The summed E-state index contributed by atoms with van der Waals surface area (Å²) in [6.07, 6.45) is 4.93. The first-order valence-corrected chi connectivity index (χ1v) is 17.1. The number of fused-ring (bicyclic) bond motifs is 2. The number of morpholine rings is 1. The van der Waals surface area contributed by atoms with Crippen molar-refractivity contribution < 1.29 is 23.7 Å². The highest BCUT2D eigenvalue weighted by molar-refractivity contribution is 6.05. The molecule has 0 unspecified atom stereocenters. The highest BCUT2D eigenvalue weighted by atomic mass is 16.5. The van der Waals surface area contributed by atoms with Crippen LogP contribution in [0.2, 0.25) is 0 Å². The monoisotopic (exact) mass is 662 g/mol. The van der Waals surface area contributed by atoms with Gasteiger partial charge in [-0.25, -0.2) is 4.79 Å². The number of rotatable bonds is 16. The molecule has 1 aliphatic rings. The molecular formula is C40H46N4O5. The Balaban J connectivity index is 1.43. The van der Waals surface area contributed by atoms with E-state index in [1.54, 1.807) is 6.08 Å². The Morgan fingerprint density at radius 2 is 1.78 bits per heavy atom. The molecule has 0 amide bonds. The van der Waals surface area contributed by atoms with Crippen LogP contribution in [0.4, 0.5) is 0 Å². The zero-order valence-corrected chi connectivity index (χ0v) is 28.7. The van der Waals surface area contributed by atoms with Crippen molar-refractivity contribution in [2.75, 3.05) is 46.1 Å². The summed E-state index contributed by atoms with van der Waals surface area (Å²) in [7, 11) is 1.97. The maximum absolute atomic E-state index is 13.8. The van der Waals surface area contributed by atoms with Crippen LogP contribution in [0, 0.1) is 0 Å². The first-order valence-electron chi connectivity index (χ1n) is 17.1. The van der Waals surface area contributed by atoms with Crippen molar-refractivity contribution in [2.45, 2.75) is 39.5 Å². The molecular weight excluding hydrogens is 616 g/mol. The molecule has 2 aromatic heterocycles. The van der Waals surface area contributed by atoms with Gasteiger partial charge < -0.3 is 23.5 Å². The van der Waals surface area contributed by atoms with Crippen molar-refractivity contribution in [1.29, 1.82) is 0 Å². The summed E-state index contributed by atoms with van der Waals surface area (Å²) in [6, 6.07) is 20.6. The second-order valence-electron chi connectivity index (χ2n) is 12.2. The summed E-state index contributed by atoms with van der Waals surface area (Å²) in [5.74, 6) is 0.515. The van der Waals surface area contributed by atoms with E-state index in [0.29, 0.717) is 64.7 Å². The smallest absolute Gasteiger partial charge is 0.355 e. The summed E-state index contributed by atoms with van der Waals surface area (Å²) in [5.41, 5.74) is 6.40. The average molecular weight is 663 g/mol. The Bertz CT molecular complexity index is 1930. The van der Waals surface area contributed by atoms with Crippen LogP contribution in [0.5, 0.6) is 5.75 Å². The van der Waals surface area contributed by atoms with E-state index in [-0.39, 0.29) is 12.6 Å². The molecule has 0 spiro atoms. The molecule has 9 heteroatoms. The van der Waals surface area contributed by atoms with Gasteiger partial charge in [0.2, 0.25) is 0 Å². The van der Waals surface area contributed by atoms with Gasteiger partial charge in [0.05, 0.1) is 56.5 Å². The molecule has 3 heterocycles. The fraction of sp³-hybridized carbons (Fsp3) is 0.350. The van der Waals surface area contributed by atoms with Gasteiger partial charge in [0.1, 0.15) is 11.4 Å². The molecule has 0 bridgehead atoms. The second kappa shape index (κ2) is 16.1. The lowest BCUT2D eigenvalue weighted by Crippen LogP contribution is -2.35. The first kappa shape index (κ1) is 34.2. The fourth-order valence-electron chi connectivity index (χ4n) is 6.85. The molecule has 3 aromatic carbocycles. The number of nitrogens with zero attached hydrogens (tertiary/aromatic N) is 4. The first-order chi connectivity index (χ1) is 24.0. The van der Waals surface area contributed by atoms with Crippen LogP contribution >= 0.6 is 0 Å². The van der Waals surface area contributed by atoms with E-state index in [0.717, 1.165) is 68.6 Å². The minimum atomic E-state index is -0.342. The number of allylic oxidation sites excluding steroid dienone is 1. The molecule has 256 valence electrons. The van der Waals surface area contributed by atoms with Crippen LogP contribution in [-0.2, 0) is 47.4 Å². The van der Waals surface area contributed by atoms with Crippen LogP contribution in [0.15, 0.2) is 86.0 Å². The molecule has 49 heavy (non-hydrogen) atoms. The van der Waals surface area contributed by atoms with Crippen LogP contribution in [0.1, 0.15) is 40.8 Å². The highest BCUT2D eigenvalue weighted by Crippen LogP contribution is 2.39. The van der Waals surface area contributed by atoms with E-state index < -0.39 is 0 Å². The summed E-state index contributed by atoms with van der Waals surface area (Å²) in [5, 5.41) is 8.27. The number of ether oxygens (including phenoxy) is 4. The number of benzene rings is 3. The number of esters is 1. The summed E-state index contributed by atoms with van der Waals surface area (Å²) < 4.78 is 27.6. The molecule has 0 N–H and O–H groups in total. The van der Waals surface area contributed by atoms with Gasteiger partial charge in [-0.1, -0.05) is 66.7 Å². The molecule has 0 atom stereocenters. The van der Waals surface area contributed by atoms with Crippen molar-refractivity contribution in [1.82, 2.24) is 19.2 Å². The average Bonchev–Trinajstić information content (AvgIpc) is 3.60. The Morgan fingerprint density at radius 1 is 1.00 bits per heavy atom. The van der Waals surface area contributed by atoms with Gasteiger partial charge in [-0.2, -0.15) is 5.10 Å². The lowest BCUT2D eigenvalue weighted by molar-refractivity contribution is 0.0336. The quantitative estimate of drug-likeness (QED) is 0.0634. The molecule has 0 radical (unpaired) electrons. The van der Waals surface area contributed by atoms with E-state index in [2.05, 4.69) is 59.0 Å². The highest BCUT2D eigenvalue weighted by Gasteiger charge is 2.28. The Morgan fingerprint density at radius 3 is 2.57 bits per heavy atom. The van der Waals surface area contributed by atoms with Crippen molar-refractivity contribution in [3.63, 3.8) is 0 Å². The second-order valence-corrected chi connectivity index (χ2v) is 12.2. The zero-order chi connectivity index (χ0) is 34.2. The van der Waals surface area contributed by atoms with E-state index in [1.807, 2.05) is 49.0 Å². The van der Waals surface area contributed by atoms with Crippen molar-refractivity contribution in [2.24, 2.45) is 7.05 Å². The van der Waals surface area contributed by atoms with E-state index in [1.165, 1.54) is 0 Å². The van der Waals surface area contributed by atoms with Crippen LogP contribution < -0.4 is 4.74 Å². The number of carbonyl (C=O) groups is 1. The number of hydrogen-bond acceptors (Lipinski definition) is 7. The van der Waals surface area contributed by atoms with Crippen LogP contribution in [-0.4, -0.2) is 71.3 Å². The number of aryl methyl sites for hydroxylation is 2. The third-order valence-electron chi connectivity index (χ3n) is 9.00. The SMILES string of the molecule is C=CCOCc1c(-c2cccc3c(CCCOc4cccc5ccccc45)c(C(=O)OCC)n(CC=C)c23)c(CN2CCOCC2)nn1C. The van der Waals surface area contributed by atoms with Gasteiger partial charge in [0.25, 0.3) is 0 Å². The van der Waals surface area contributed by atoms with Crippen molar-refractivity contribution in [3.05, 3.63) is 109 Å². The van der Waals surface area contributed by atoms with Crippen LogP contribution in [0.25, 0.3) is 32.8 Å². The van der Waals surface area contributed by atoms with Gasteiger partial charge in [0, 0.05) is 55.1 Å². The molecule has 5 aromatic rings. The van der Waals surface area contributed by atoms with Gasteiger partial charge in [0.15, 0.2) is 0 Å². The maximum Gasteiger partial charge on any atom is 0.355 e. The molecule has 1 saturated heterocycles. The third kappa shape index (κ3) is 7.34. The molecule has 9 nitrogen and oxygen atoms in total. The normalized spacial score (nSPS) is 13.6. The molecule has 6 rings (SSSR count). The molecule has 0 aliphatic carbocycles. The number of hydrogen-bond donors (Lipinski definition) is 0. The lowest BCUT2D eigenvalue weighted by atomic mass is 9.97. The number of aromatic nitrogens is 3. The lowest BCUT2D eigenvalue weighted by Gasteiger charge is -2.26. The Hall–Kier alpha value is -4.70. The number of carbonyl (C=O) groups excluding carboxylic acids is 1. The van der Waals surface area contributed by atoms with Gasteiger partial charge in [-0.3, -0.25) is 9.58 Å². The summed E-state index contributed by atoms with van der Waals surface area (Å²) in [4.78, 5) is 16.2. The maximum atomic E-state index is 13.8. The zero-order valence-electron chi connectivity index (χ0n) is 28.7. The predicted molar refractivity (Wildman–Crippen MR) is 194 cm³/mol. The standard InChI is InChI=1S/C40H46N4O5/c1-5-20-44-38-31(32(39(44)40(45)48-7-3)18-12-24-49-36-19-10-14-29-13-8-9-15-30(29)36)16-11-17-33(38)37-34(27-43-21-25-46-26-22-43)41-42(4)35(37)28-47-23-6-2/h5-6,8-11,13-17,19H,1-2,7,12,18,20-28H2,3-4H3. The van der Waals surface area contributed by atoms with Crippen molar-refractivity contribution >= 4 is 27.6 Å². The predicted octanol–water partition coefficient (Wildman–Crippen LogP) is 7.10. The largest absolute Gasteiger partial charge is 0.493 e. The topological polar surface area (TPSA) is 80.0 Å². The van der Waals surface area contributed by atoms with E-state index in [9.17, 15) is 4.79 Å². The van der Waals surface area contributed by atoms with Gasteiger partial charge >= 0.3 is 5.97 Å². The van der Waals surface area contributed by atoms with E-state index >= 15 is 0 Å². The minimum absolute atomic E-state index is 0.280. The van der Waals surface area contributed by atoms with Crippen molar-refractivity contribution in [3.8, 4) is 16.9 Å². The van der Waals surface area contributed by atoms with E-state index in [4.69, 9.17) is 24.0 Å². The van der Waals surface area contributed by atoms with Gasteiger partial charge in [-0.05, 0) is 36.8 Å².